The Labute approximate surface area is 206 Å². The smallest absolute Gasteiger partial charge is 0.344 e. The van der Waals surface area contributed by atoms with E-state index in [0.717, 1.165) is 10.0 Å². The number of halogens is 2. The normalized spacial score (nSPS) is 15.5. The van der Waals surface area contributed by atoms with Gasteiger partial charge in [0, 0.05) is 26.1 Å². The standard InChI is InChI=1S/C25H16Br2O6/c1-13-6-17(32-25(29)18-4-2-3-5-19(18)27)10-20-22(13)23(28)21(33-20)9-14-7-16(26)8-15-11-30-12-31-24(14)15/h2-10H,11-12H2,1H3/b21-9-. The highest BCUT2D eigenvalue weighted by atomic mass is 79.9. The molecule has 3 aromatic carbocycles. The van der Waals surface area contributed by atoms with Crippen LogP contribution in [0, 0.1) is 6.92 Å². The average Bonchev–Trinajstić information content (AvgIpc) is 3.09. The summed E-state index contributed by atoms with van der Waals surface area (Å²) in [5.74, 6) is 0.700. The largest absolute Gasteiger partial charge is 0.467 e. The molecule has 33 heavy (non-hydrogen) atoms. The van der Waals surface area contributed by atoms with E-state index in [0.29, 0.717) is 50.6 Å². The summed E-state index contributed by atoms with van der Waals surface area (Å²) in [5.41, 5.74) is 3.07. The summed E-state index contributed by atoms with van der Waals surface area (Å²) in [5, 5.41) is 0. The van der Waals surface area contributed by atoms with Crippen molar-refractivity contribution in [2.75, 3.05) is 6.79 Å². The molecular formula is C25H16Br2O6. The number of aryl methyl sites for hydroxylation is 1. The second-order valence-electron chi connectivity index (χ2n) is 7.52. The number of ether oxygens (including phenoxy) is 4. The molecule has 0 amide bonds. The van der Waals surface area contributed by atoms with E-state index in [1.165, 1.54) is 0 Å². The molecule has 0 aromatic heterocycles. The van der Waals surface area contributed by atoms with Gasteiger partial charge < -0.3 is 18.9 Å². The van der Waals surface area contributed by atoms with E-state index in [4.69, 9.17) is 18.9 Å². The molecule has 0 radical (unpaired) electrons. The van der Waals surface area contributed by atoms with Crippen LogP contribution in [0.1, 0.15) is 37.4 Å². The lowest BCUT2D eigenvalue weighted by Crippen LogP contribution is -2.12. The quantitative estimate of drug-likeness (QED) is 0.211. The molecule has 0 N–H and O–H groups in total. The fourth-order valence-corrected chi connectivity index (χ4v) is 4.75. The summed E-state index contributed by atoms with van der Waals surface area (Å²) in [6.45, 7) is 2.34. The van der Waals surface area contributed by atoms with Crippen molar-refractivity contribution in [2.45, 2.75) is 13.5 Å². The molecule has 6 nitrogen and oxygen atoms in total. The lowest BCUT2D eigenvalue weighted by Gasteiger charge is -2.20. The molecule has 0 saturated heterocycles. The Hall–Kier alpha value is -2.94. The van der Waals surface area contributed by atoms with Crippen molar-refractivity contribution in [3.05, 3.63) is 91.1 Å². The van der Waals surface area contributed by atoms with E-state index in [-0.39, 0.29) is 18.3 Å². The van der Waals surface area contributed by atoms with Crippen molar-refractivity contribution in [1.29, 1.82) is 0 Å². The van der Waals surface area contributed by atoms with Gasteiger partial charge in [-0.2, -0.15) is 0 Å². The number of carbonyl (C=O) groups is 2. The number of Topliss-reactive ketones (excluding diaryl/α,β-unsaturated/α-hetero) is 1. The molecule has 2 aliphatic rings. The van der Waals surface area contributed by atoms with Crippen molar-refractivity contribution >= 4 is 49.7 Å². The summed E-state index contributed by atoms with van der Waals surface area (Å²) in [6.07, 6.45) is 1.66. The van der Waals surface area contributed by atoms with E-state index in [1.807, 2.05) is 18.2 Å². The summed E-state index contributed by atoms with van der Waals surface area (Å²) >= 11 is 6.84. The van der Waals surface area contributed by atoms with Gasteiger partial charge in [0.2, 0.25) is 5.78 Å². The molecule has 2 aliphatic heterocycles. The van der Waals surface area contributed by atoms with Crippen LogP contribution >= 0.6 is 31.9 Å². The summed E-state index contributed by atoms with van der Waals surface area (Å²) in [4.78, 5) is 25.7. The van der Waals surface area contributed by atoms with Gasteiger partial charge in [-0.25, -0.2) is 4.79 Å². The Morgan fingerprint density at radius 3 is 2.76 bits per heavy atom. The molecule has 2 heterocycles. The molecule has 0 saturated carbocycles. The summed E-state index contributed by atoms with van der Waals surface area (Å²) in [6, 6.07) is 14.0. The third-order valence-electron chi connectivity index (χ3n) is 5.24. The zero-order chi connectivity index (χ0) is 23.1. The predicted molar refractivity (Wildman–Crippen MR) is 128 cm³/mol. The van der Waals surface area contributed by atoms with Gasteiger partial charge in [-0.15, -0.1) is 0 Å². The molecule has 0 atom stereocenters. The molecule has 166 valence electrons. The van der Waals surface area contributed by atoms with Crippen LogP contribution in [0.4, 0.5) is 0 Å². The van der Waals surface area contributed by atoms with Crippen LogP contribution < -0.4 is 14.2 Å². The molecule has 0 aliphatic carbocycles. The van der Waals surface area contributed by atoms with Crippen molar-refractivity contribution < 1.29 is 28.5 Å². The van der Waals surface area contributed by atoms with E-state index in [9.17, 15) is 9.59 Å². The summed E-state index contributed by atoms with van der Waals surface area (Å²) < 4.78 is 23.9. The van der Waals surface area contributed by atoms with Crippen molar-refractivity contribution in [3.63, 3.8) is 0 Å². The van der Waals surface area contributed by atoms with Crippen LogP contribution in [-0.2, 0) is 11.3 Å². The minimum atomic E-state index is -0.512. The number of ketones is 1. The molecule has 0 bridgehead atoms. The van der Waals surface area contributed by atoms with Gasteiger partial charge in [-0.1, -0.05) is 28.1 Å². The number of rotatable bonds is 3. The Bertz CT molecular complexity index is 1340. The van der Waals surface area contributed by atoms with Gasteiger partial charge in [0.05, 0.1) is 17.7 Å². The number of carbonyl (C=O) groups excluding carboxylic acids is 2. The molecule has 8 heteroatoms. The molecule has 5 rings (SSSR count). The molecule has 0 unspecified atom stereocenters. The Balaban J connectivity index is 1.46. The maximum absolute atomic E-state index is 13.1. The van der Waals surface area contributed by atoms with Crippen LogP contribution in [0.2, 0.25) is 0 Å². The molecule has 3 aromatic rings. The first-order valence-electron chi connectivity index (χ1n) is 9.99. The zero-order valence-electron chi connectivity index (χ0n) is 17.3. The lowest BCUT2D eigenvalue weighted by molar-refractivity contribution is -0.0165. The van der Waals surface area contributed by atoms with Gasteiger partial charge in [-0.05, 0) is 64.8 Å². The van der Waals surface area contributed by atoms with E-state index < -0.39 is 5.97 Å². The first-order chi connectivity index (χ1) is 15.9. The lowest BCUT2D eigenvalue weighted by atomic mass is 10.0. The fourth-order valence-electron chi connectivity index (χ4n) is 3.78. The highest BCUT2D eigenvalue weighted by molar-refractivity contribution is 9.10. The van der Waals surface area contributed by atoms with E-state index in [2.05, 4.69) is 31.9 Å². The number of fused-ring (bicyclic) bond motifs is 2. The topological polar surface area (TPSA) is 71.1 Å². The predicted octanol–water partition coefficient (Wildman–Crippen LogP) is 6.22. The first kappa shape index (κ1) is 21.9. The Morgan fingerprint density at radius 1 is 1.12 bits per heavy atom. The zero-order valence-corrected chi connectivity index (χ0v) is 20.5. The highest BCUT2D eigenvalue weighted by Crippen LogP contribution is 2.40. The second-order valence-corrected chi connectivity index (χ2v) is 9.29. The van der Waals surface area contributed by atoms with E-state index in [1.54, 1.807) is 43.3 Å². The number of allylic oxidation sites excluding steroid dienone is 1. The molecule has 0 fully saturated rings. The van der Waals surface area contributed by atoms with Gasteiger partial charge in [0.1, 0.15) is 17.2 Å². The number of hydrogen-bond acceptors (Lipinski definition) is 6. The van der Waals surface area contributed by atoms with Crippen LogP contribution in [-0.4, -0.2) is 18.5 Å². The van der Waals surface area contributed by atoms with Crippen molar-refractivity contribution in [3.8, 4) is 17.2 Å². The number of esters is 1. The Morgan fingerprint density at radius 2 is 1.94 bits per heavy atom. The van der Waals surface area contributed by atoms with Gasteiger partial charge >= 0.3 is 5.97 Å². The maximum Gasteiger partial charge on any atom is 0.344 e. The number of benzene rings is 3. The highest BCUT2D eigenvalue weighted by Gasteiger charge is 2.31. The third kappa shape index (κ3) is 4.21. The first-order valence-corrected chi connectivity index (χ1v) is 11.6. The SMILES string of the molecule is Cc1cc(OC(=O)c2ccccc2Br)cc2c1C(=O)/C(=C/c1cc(Br)cc3c1OCOC3)O2. The Kier molecular flexibility index (Phi) is 5.82. The van der Waals surface area contributed by atoms with Crippen LogP contribution in [0.5, 0.6) is 17.2 Å². The van der Waals surface area contributed by atoms with Crippen molar-refractivity contribution in [1.82, 2.24) is 0 Å². The van der Waals surface area contributed by atoms with Gasteiger partial charge in [0.15, 0.2) is 12.6 Å². The minimum Gasteiger partial charge on any atom is -0.467 e. The molecular weight excluding hydrogens is 556 g/mol. The fraction of sp³-hybridized carbons (Fsp3) is 0.120. The van der Waals surface area contributed by atoms with Crippen LogP contribution in [0.15, 0.2) is 63.2 Å². The van der Waals surface area contributed by atoms with Crippen LogP contribution in [0.25, 0.3) is 6.08 Å². The minimum absolute atomic E-state index is 0.144. The van der Waals surface area contributed by atoms with E-state index >= 15 is 0 Å². The maximum atomic E-state index is 13.1. The third-order valence-corrected chi connectivity index (χ3v) is 6.39. The molecule has 0 spiro atoms. The number of hydrogen-bond donors (Lipinski definition) is 0. The second kappa shape index (κ2) is 8.78. The van der Waals surface area contributed by atoms with Gasteiger partial charge in [-0.3, -0.25) is 4.79 Å². The van der Waals surface area contributed by atoms with Crippen molar-refractivity contribution in [2.24, 2.45) is 0 Å². The monoisotopic (exact) mass is 570 g/mol. The summed E-state index contributed by atoms with van der Waals surface area (Å²) in [7, 11) is 0. The van der Waals surface area contributed by atoms with Gasteiger partial charge in [0.25, 0.3) is 0 Å². The van der Waals surface area contributed by atoms with Crippen LogP contribution in [0.3, 0.4) is 0 Å². The average molecular weight is 572 g/mol.